The van der Waals surface area contributed by atoms with Crippen molar-refractivity contribution in [1.82, 2.24) is 15.3 Å². The standard InChI is InChI=1S/C34H30F4N4O5/c1-18-11-12-40-15-24(18)23-10-5-20(13-26(23)47-22-8-9-22)30(43)41-16-33(45,34(36,37)38)27-14-25-29(46-17-32(25,2)31(39)44)28(42-27)19-3-6-21(35)7-4-19/h3-7,10-15,22,45H,8-9,16-17H2,1-2H3,(H2,39,44)(H,41,43)/t32-,33?/m0/s1. The number of aryl methyl sites for hydroxylation is 1. The number of halogens is 4. The summed E-state index contributed by atoms with van der Waals surface area (Å²) in [7, 11) is 0. The minimum atomic E-state index is -5.36. The Bertz CT molecular complexity index is 1880. The highest BCUT2D eigenvalue weighted by Gasteiger charge is 2.57. The van der Waals surface area contributed by atoms with E-state index >= 15 is 0 Å². The Morgan fingerprint density at radius 2 is 1.83 bits per heavy atom. The molecule has 0 radical (unpaired) electrons. The second-order valence-electron chi connectivity index (χ2n) is 12.0. The Balaban J connectivity index is 1.37. The topological polar surface area (TPSA) is 137 Å². The van der Waals surface area contributed by atoms with Crippen molar-refractivity contribution in [3.63, 3.8) is 0 Å². The first-order valence-corrected chi connectivity index (χ1v) is 14.7. The summed E-state index contributed by atoms with van der Waals surface area (Å²) in [4.78, 5) is 34.1. The lowest BCUT2D eigenvalue weighted by Gasteiger charge is -2.31. The summed E-state index contributed by atoms with van der Waals surface area (Å²) in [5.41, 5.74) is 1.72. The fraction of sp³-hybridized carbons (Fsp3) is 0.294. The van der Waals surface area contributed by atoms with Crippen LogP contribution in [-0.4, -0.2) is 52.3 Å². The Morgan fingerprint density at radius 1 is 1.11 bits per heavy atom. The van der Waals surface area contributed by atoms with Gasteiger partial charge in [0.05, 0.1) is 18.3 Å². The van der Waals surface area contributed by atoms with E-state index in [0.717, 1.165) is 42.2 Å². The molecular formula is C34H30F4N4O5. The van der Waals surface area contributed by atoms with Crippen LogP contribution >= 0.6 is 0 Å². The van der Waals surface area contributed by atoms with Crippen LogP contribution in [0.5, 0.6) is 11.5 Å². The van der Waals surface area contributed by atoms with E-state index in [1.54, 1.807) is 18.5 Å². The van der Waals surface area contributed by atoms with E-state index < -0.39 is 47.1 Å². The fourth-order valence-corrected chi connectivity index (χ4v) is 5.34. The number of pyridine rings is 2. The molecule has 13 heteroatoms. The van der Waals surface area contributed by atoms with Crippen molar-refractivity contribution in [1.29, 1.82) is 0 Å². The second-order valence-corrected chi connectivity index (χ2v) is 12.0. The van der Waals surface area contributed by atoms with Crippen LogP contribution in [0.15, 0.2) is 67.0 Å². The van der Waals surface area contributed by atoms with Gasteiger partial charge < -0.3 is 25.6 Å². The zero-order chi connectivity index (χ0) is 33.7. The zero-order valence-electron chi connectivity index (χ0n) is 25.3. The lowest BCUT2D eigenvalue weighted by molar-refractivity contribution is -0.265. The number of hydrogen-bond acceptors (Lipinski definition) is 7. The molecule has 2 aromatic heterocycles. The number of benzene rings is 2. The molecule has 244 valence electrons. The molecule has 3 heterocycles. The first-order valence-electron chi connectivity index (χ1n) is 14.7. The fourth-order valence-electron chi connectivity index (χ4n) is 5.34. The number of aromatic nitrogens is 2. The minimum absolute atomic E-state index is 0.000847. The molecule has 2 aliphatic rings. The van der Waals surface area contributed by atoms with Crippen LogP contribution in [0.3, 0.4) is 0 Å². The quantitative estimate of drug-likeness (QED) is 0.214. The maximum Gasteiger partial charge on any atom is 0.424 e. The van der Waals surface area contributed by atoms with Gasteiger partial charge in [-0.05, 0) is 86.8 Å². The lowest BCUT2D eigenvalue weighted by Crippen LogP contribution is -2.51. The molecule has 0 spiro atoms. The molecule has 1 aliphatic carbocycles. The van der Waals surface area contributed by atoms with Crippen LogP contribution in [0.25, 0.3) is 22.4 Å². The minimum Gasteiger partial charge on any atom is -0.490 e. The number of nitrogens with two attached hydrogens (primary N) is 1. The Morgan fingerprint density at radius 3 is 2.47 bits per heavy atom. The maximum atomic E-state index is 14.8. The highest BCUT2D eigenvalue weighted by atomic mass is 19.4. The normalized spacial score (nSPS) is 18.5. The van der Waals surface area contributed by atoms with E-state index in [4.69, 9.17) is 15.2 Å². The van der Waals surface area contributed by atoms with Crippen molar-refractivity contribution in [2.24, 2.45) is 5.73 Å². The number of amides is 2. The van der Waals surface area contributed by atoms with Gasteiger partial charge in [0.1, 0.15) is 35.0 Å². The Kier molecular flexibility index (Phi) is 7.91. The van der Waals surface area contributed by atoms with Crippen LogP contribution in [0.4, 0.5) is 17.6 Å². The number of ether oxygens (including phenoxy) is 2. The molecule has 9 nitrogen and oxygen atoms in total. The summed E-state index contributed by atoms with van der Waals surface area (Å²) in [6.45, 7) is 1.66. The average Bonchev–Trinajstić information content (AvgIpc) is 3.79. The second kappa shape index (κ2) is 11.6. The van der Waals surface area contributed by atoms with Crippen LogP contribution < -0.4 is 20.5 Å². The molecule has 6 rings (SSSR count). The molecule has 1 saturated carbocycles. The number of aliphatic hydroxyl groups is 1. The first kappa shape index (κ1) is 31.9. The number of fused-ring (bicyclic) bond motifs is 1. The highest BCUT2D eigenvalue weighted by Crippen LogP contribution is 2.48. The molecule has 1 fully saturated rings. The molecule has 4 N–H and O–H groups in total. The summed E-state index contributed by atoms with van der Waals surface area (Å²) in [5, 5.41) is 13.5. The third-order valence-electron chi connectivity index (χ3n) is 8.52. The molecule has 1 aliphatic heterocycles. The molecular weight excluding hydrogens is 620 g/mol. The van der Waals surface area contributed by atoms with Crippen LogP contribution in [0.1, 0.15) is 46.9 Å². The number of nitrogens with one attached hydrogen (secondary N) is 1. The van der Waals surface area contributed by atoms with Gasteiger partial charge in [0.15, 0.2) is 0 Å². The highest BCUT2D eigenvalue weighted by molar-refractivity contribution is 5.96. The summed E-state index contributed by atoms with van der Waals surface area (Å²) >= 11 is 0. The molecule has 2 atom stereocenters. The van der Waals surface area contributed by atoms with Gasteiger partial charge in [-0.15, -0.1) is 0 Å². The molecule has 1 unspecified atom stereocenters. The van der Waals surface area contributed by atoms with Gasteiger partial charge in [-0.25, -0.2) is 9.37 Å². The molecule has 0 bridgehead atoms. The Hall–Kier alpha value is -5.04. The SMILES string of the molecule is Cc1ccncc1-c1ccc(C(=O)NCC(O)(c2cc3c(c(-c4ccc(F)cc4)n2)OC[C@]3(C)C(N)=O)C(F)(F)F)cc1OC1CC1. The average molecular weight is 651 g/mol. The summed E-state index contributed by atoms with van der Waals surface area (Å²) in [5.74, 6) is -2.04. The number of nitrogens with zero attached hydrogens (tertiary/aromatic N) is 2. The van der Waals surface area contributed by atoms with Crippen molar-refractivity contribution in [2.45, 2.75) is 50.0 Å². The molecule has 0 saturated heterocycles. The van der Waals surface area contributed by atoms with Crippen molar-refractivity contribution in [3.05, 3.63) is 95.2 Å². The van der Waals surface area contributed by atoms with Gasteiger partial charge in [-0.2, -0.15) is 13.2 Å². The van der Waals surface area contributed by atoms with Gasteiger partial charge in [-0.1, -0.05) is 0 Å². The Labute approximate surface area is 266 Å². The summed E-state index contributed by atoms with van der Waals surface area (Å²) in [6.07, 6.45) is -0.445. The summed E-state index contributed by atoms with van der Waals surface area (Å²) < 4.78 is 69.8. The van der Waals surface area contributed by atoms with Crippen molar-refractivity contribution < 1.29 is 41.7 Å². The number of alkyl halides is 3. The van der Waals surface area contributed by atoms with Crippen molar-refractivity contribution in [3.8, 4) is 33.9 Å². The largest absolute Gasteiger partial charge is 0.490 e. The maximum absolute atomic E-state index is 14.8. The third kappa shape index (κ3) is 5.86. The number of primary amides is 1. The third-order valence-corrected chi connectivity index (χ3v) is 8.52. The van der Waals surface area contributed by atoms with E-state index in [2.05, 4.69) is 15.3 Å². The van der Waals surface area contributed by atoms with Crippen molar-refractivity contribution in [2.75, 3.05) is 13.2 Å². The molecule has 47 heavy (non-hydrogen) atoms. The number of rotatable bonds is 9. The zero-order valence-corrected chi connectivity index (χ0v) is 25.3. The van der Waals surface area contributed by atoms with E-state index in [1.807, 2.05) is 13.0 Å². The molecule has 2 aromatic carbocycles. The predicted octanol–water partition coefficient (Wildman–Crippen LogP) is 5.11. The lowest BCUT2D eigenvalue weighted by atomic mass is 9.81. The van der Waals surface area contributed by atoms with Crippen LogP contribution in [0, 0.1) is 12.7 Å². The first-order chi connectivity index (χ1) is 22.2. The number of carbonyl (C=O) groups is 2. The van der Waals surface area contributed by atoms with Gasteiger partial charge in [-0.3, -0.25) is 14.6 Å². The summed E-state index contributed by atoms with van der Waals surface area (Å²) in [6, 6.07) is 12.0. The van der Waals surface area contributed by atoms with Gasteiger partial charge in [0.2, 0.25) is 11.5 Å². The smallest absolute Gasteiger partial charge is 0.424 e. The monoisotopic (exact) mass is 650 g/mol. The van der Waals surface area contributed by atoms with Crippen LogP contribution in [-0.2, 0) is 15.8 Å². The molecule has 2 amide bonds. The number of carbonyl (C=O) groups excluding carboxylic acids is 2. The van der Waals surface area contributed by atoms with Crippen molar-refractivity contribution >= 4 is 11.8 Å². The van der Waals surface area contributed by atoms with E-state index in [9.17, 15) is 32.3 Å². The van der Waals surface area contributed by atoms with E-state index in [1.165, 1.54) is 31.2 Å². The molecule has 4 aromatic rings. The van der Waals surface area contributed by atoms with Gasteiger partial charge >= 0.3 is 6.18 Å². The van der Waals surface area contributed by atoms with Crippen LogP contribution in [0.2, 0.25) is 0 Å². The van der Waals surface area contributed by atoms with Gasteiger partial charge in [0.25, 0.3) is 5.91 Å². The predicted molar refractivity (Wildman–Crippen MR) is 162 cm³/mol. The van der Waals surface area contributed by atoms with E-state index in [-0.39, 0.29) is 40.8 Å². The van der Waals surface area contributed by atoms with Gasteiger partial charge in [0, 0.05) is 40.2 Å². The van der Waals surface area contributed by atoms with E-state index in [0.29, 0.717) is 11.3 Å². The number of hydrogen-bond donors (Lipinski definition) is 3.